The zero-order chi connectivity index (χ0) is 10.7. The third-order valence-electron chi connectivity index (χ3n) is 0. The van der Waals surface area contributed by atoms with E-state index in [1.165, 1.54) is 0 Å². The van der Waals surface area contributed by atoms with Crippen LogP contribution in [0, 0.1) is 0 Å². The summed E-state index contributed by atoms with van der Waals surface area (Å²) in [6.07, 6.45) is 0. The first-order valence-corrected chi connectivity index (χ1v) is 12.1. The van der Waals surface area contributed by atoms with E-state index in [9.17, 15) is 0 Å². The SMILES string of the molecule is CP(C)C.CP(C)C.CP(C)C.Cl.Cl.Cl. The van der Waals surface area contributed by atoms with Gasteiger partial charge in [0.15, 0.2) is 0 Å². The summed E-state index contributed by atoms with van der Waals surface area (Å²) in [5, 5.41) is 0. The molecule has 0 aliphatic rings. The molecule has 0 nitrogen and oxygen atoms in total. The van der Waals surface area contributed by atoms with E-state index in [-0.39, 0.29) is 37.2 Å². The molecule has 0 spiro atoms. The van der Waals surface area contributed by atoms with Crippen LogP contribution in [0.4, 0.5) is 0 Å². The standard InChI is InChI=1S/3C3H9P.3ClH/c3*1-4(2)3;;;/h3*1-3H3;3*1H. The van der Waals surface area contributed by atoms with Crippen molar-refractivity contribution in [2.24, 2.45) is 0 Å². The molecule has 0 unspecified atom stereocenters. The maximum atomic E-state index is 2.23. The summed E-state index contributed by atoms with van der Waals surface area (Å²) in [5.41, 5.74) is 0. The van der Waals surface area contributed by atoms with E-state index in [4.69, 9.17) is 0 Å². The van der Waals surface area contributed by atoms with Crippen molar-refractivity contribution in [2.75, 3.05) is 60.0 Å². The fourth-order valence-electron chi connectivity index (χ4n) is 0. The van der Waals surface area contributed by atoms with Gasteiger partial charge in [-0.3, -0.25) is 0 Å². The van der Waals surface area contributed by atoms with E-state index in [0.29, 0.717) is 23.8 Å². The van der Waals surface area contributed by atoms with Crippen LogP contribution in [0.15, 0.2) is 0 Å². The Hall–Kier alpha value is 2.16. The van der Waals surface area contributed by atoms with Crippen LogP contribution in [0.3, 0.4) is 0 Å². The van der Waals surface area contributed by atoms with E-state index >= 15 is 0 Å². The van der Waals surface area contributed by atoms with Crippen LogP contribution in [0.25, 0.3) is 0 Å². The van der Waals surface area contributed by atoms with Gasteiger partial charge < -0.3 is 0 Å². The molecule has 0 atom stereocenters. The van der Waals surface area contributed by atoms with Gasteiger partial charge in [0.2, 0.25) is 0 Å². The summed E-state index contributed by atoms with van der Waals surface area (Å²) in [7, 11) is 1.14. The first-order chi connectivity index (χ1) is 5.20. The number of rotatable bonds is 0. The molecule has 0 radical (unpaired) electrons. The maximum absolute atomic E-state index is 2.23. The number of halogens is 3. The molecule has 0 heterocycles. The van der Waals surface area contributed by atoms with Crippen LogP contribution in [0.5, 0.6) is 0 Å². The zero-order valence-electron chi connectivity index (χ0n) is 11.6. The molecule has 0 aromatic rings. The van der Waals surface area contributed by atoms with Gasteiger partial charge in [-0.15, -0.1) is 61.0 Å². The second kappa shape index (κ2) is 29.8. The van der Waals surface area contributed by atoms with Crippen molar-refractivity contribution in [3.8, 4) is 0 Å². The summed E-state index contributed by atoms with van der Waals surface area (Å²) in [4.78, 5) is 0. The lowest BCUT2D eigenvalue weighted by Crippen LogP contribution is -1.48. The molecule has 0 fully saturated rings. The van der Waals surface area contributed by atoms with Gasteiger partial charge in [-0.2, -0.15) is 0 Å². The average Bonchev–Trinajstić information content (AvgIpc) is 1.54. The van der Waals surface area contributed by atoms with E-state index in [1.54, 1.807) is 0 Å². The second-order valence-corrected chi connectivity index (χ2v) is 12.1. The molecule has 0 aromatic carbocycles. The third-order valence-corrected chi connectivity index (χ3v) is 0. The van der Waals surface area contributed by atoms with Crippen molar-refractivity contribution in [2.45, 2.75) is 0 Å². The Morgan fingerprint density at radius 2 is 0.333 bits per heavy atom. The molecule has 0 rings (SSSR count). The lowest BCUT2D eigenvalue weighted by molar-refractivity contribution is 2.13. The minimum Gasteiger partial charge on any atom is -0.147 e. The molecule has 0 aromatic heterocycles. The van der Waals surface area contributed by atoms with Crippen LogP contribution in [-0.2, 0) is 0 Å². The molecule has 0 N–H and O–H groups in total. The summed E-state index contributed by atoms with van der Waals surface area (Å²) < 4.78 is 0. The van der Waals surface area contributed by atoms with Crippen molar-refractivity contribution >= 4 is 61.0 Å². The van der Waals surface area contributed by atoms with Crippen molar-refractivity contribution in [3.63, 3.8) is 0 Å². The fraction of sp³-hybridized carbons (Fsp3) is 1.00. The molecule has 0 saturated carbocycles. The summed E-state index contributed by atoms with van der Waals surface area (Å²) in [5.74, 6) is 0. The summed E-state index contributed by atoms with van der Waals surface area (Å²) in [6, 6.07) is 0. The second-order valence-electron chi connectivity index (χ2n) is 4.02. The molecular weight excluding hydrogens is 307 g/mol. The maximum Gasteiger partial charge on any atom is -0.0449 e. The van der Waals surface area contributed by atoms with Gasteiger partial charge in [0.1, 0.15) is 0 Å². The van der Waals surface area contributed by atoms with Crippen LogP contribution in [0.1, 0.15) is 0 Å². The van der Waals surface area contributed by atoms with Crippen molar-refractivity contribution in [1.82, 2.24) is 0 Å². The Balaban J connectivity index is -0.0000000184. The van der Waals surface area contributed by atoms with Crippen LogP contribution in [-0.4, -0.2) is 60.0 Å². The minimum absolute atomic E-state index is 0. The quantitative estimate of drug-likeness (QED) is 0.523. The van der Waals surface area contributed by atoms with Gasteiger partial charge >= 0.3 is 0 Å². The Morgan fingerprint density at radius 3 is 0.333 bits per heavy atom. The highest BCUT2D eigenvalue weighted by molar-refractivity contribution is 7.55. The Bertz CT molecular complexity index is 49.1. The van der Waals surface area contributed by atoms with Crippen molar-refractivity contribution < 1.29 is 0 Å². The summed E-state index contributed by atoms with van der Waals surface area (Å²) in [6.45, 7) is 20.1. The Labute approximate surface area is 121 Å². The molecular formula is C9H30Cl3P3. The fourth-order valence-corrected chi connectivity index (χ4v) is 0. The van der Waals surface area contributed by atoms with Gasteiger partial charge in [0.25, 0.3) is 0 Å². The van der Waals surface area contributed by atoms with Gasteiger partial charge in [0.05, 0.1) is 0 Å². The molecule has 0 bridgehead atoms. The molecule has 0 aliphatic carbocycles. The van der Waals surface area contributed by atoms with E-state index in [2.05, 4.69) is 60.0 Å². The number of hydrogen-bond acceptors (Lipinski definition) is 0. The predicted octanol–water partition coefficient (Wildman–Crippen LogP) is 5.34. The largest absolute Gasteiger partial charge is 0.147 e. The molecule has 15 heavy (non-hydrogen) atoms. The Morgan fingerprint density at radius 1 is 0.333 bits per heavy atom. The zero-order valence-corrected chi connectivity index (χ0v) is 16.7. The molecule has 0 amide bonds. The Kier molecular flexibility index (Phi) is 71.5. The number of hydrogen-bond donors (Lipinski definition) is 0. The van der Waals surface area contributed by atoms with Crippen molar-refractivity contribution in [1.29, 1.82) is 0 Å². The normalized spacial score (nSPS) is 7.20. The van der Waals surface area contributed by atoms with Crippen LogP contribution >= 0.6 is 61.0 Å². The van der Waals surface area contributed by atoms with Gasteiger partial charge in [0, 0.05) is 0 Å². The van der Waals surface area contributed by atoms with Crippen LogP contribution < -0.4 is 0 Å². The third kappa shape index (κ3) is 694. The smallest absolute Gasteiger partial charge is 0.0449 e. The lowest BCUT2D eigenvalue weighted by Gasteiger charge is -1.81. The molecule has 0 saturated heterocycles. The first kappa shape index (κ1) is 36.0. The van der Waals surface area contributed by atoms with Gasteiger partial charge in [-0.05, 0) is 60.0 Å². The van der Waals surface area contributed by atoms with Crippen LogP contribution in [0.2, 0.25) is 0 Å². The van der Waals surface area contributed by atoms with Gasteiger partial charge in [-0.25, -0.2) is 0 Å². The predicted molar refractivity (Wildman–Crippen MR) is 95.8 cm³/mol. The monoisotopic (exact) mass is 336 g/mol. The molecule has 6 heteroatoms. The van der Waals surface area contributed by atoms with Gasteiger partial charge in [-0.1, -0.05) is 0 Å². The topological polar surface area (TPSA) is 0 Å². The average molecular weight is 338 g/mol. The molecule has 102 valence electrons. The lowest BCUT2D eigenvalue weighted by atomic mass is 11.9. The highest BCUT2D eigenvalue weighted by atomic mass is 35.5. The summed E-state index contributed by atoms with van der Waals surface area (Å²) >= 11 is 0. The van der Waals surface area contributed by atoms with E-state index in [1.807, 2.05) is 0 Å². The molecule has 0 aliphatic heterocycles. The van der Waals surface area contributed by atoms with E-state index < -0.39 is 0 Å². The minimum atomic E-state index is 0. The first-order valence-electron chi connectivity index (χ1n) is 4.02. The van der Waals surface area contributed by atoms with Crippen molar-refractivity contribution in [3.05, 3.63) is 0 Å². The highest BCUT2D eigenvalue weighted by Crippen LogP contribution is 2.15. The van der Waals surface area contributed by atoms with E-state index in [0.717, 1.165) is 0 Å². The highest BCUT2D eigenvalue weighted by Gasteiger charge is 1.66.